The molecule has 4 heteroatoms. The van der Waals surface area contributed by atoms with Crippen LogP contribution in [-0.4, -0.2) is 23.0 Å². The summed E-state index contributed by atoms with van der Waals surface area (Å²) in [7, 11) is 0. The van der Waals surface area contributed by atoms with Crippen LogP contribution in [0.4, 0.5) is 0 Å². The quantitative estimate of drug-likeness (QED) is 0.727. The van der Waals surface area contributed by atoms with Crippen molar-refractivity contribution in [2.24, 2.45) is 23.2 Å². The fourth-order valence-corrected chi connectivity index (χ4v) is 2.38. The lowest BCUT2D eigenvalue weighted by molar-refractivity contribution is -0.140. The number of amides is 1. The van der Waals surface area contributed by atoms with E-state index in [2.05, 4.69) is 12.2 Å². The molecule has 2 unspecified atom stereocenters. The molecule has 0 aromatic carbocycles. The van der Waals surface area contributed by atoms with E-state index in [4.69, 9.17) is 5.11 Å². The first-order chi connectivity index (χ1) is 6.85. The number of hydrogen-bond acceptors (Lipinski definition) is 2. The predicted molar refractivity (Wildman–Crippen MR) is 54.1 cm³/mol. The van der Waals surface area contributed by atoms with Gasteiger partial charge in [-0.2, -0.15) is 0 Å². The molecule has 2 aliphatic rings. The number of rotatable bonds is 3. The van der Waals surface area contributed by atoms with Crippen molar-refractivity contribution in [2.45, 2.75) is 33.2 Å². The maximum Gasteiger partial charge on any atom is 0.307 e. The average molecular weight is 211 g/mol. The number of aliphatic carboxylic acids is 1. The third-order valence-corrected chi connectivity index (χ3v) is 3.81. The van der Waals surface area contributed by atoms with E-state index in [0.717, 1.165) is 6.42 Å². The number of carboxylic acid groups (broad SMARTS) is 1. The van der Waals surface area contributed by atoms with E-state index in [1.807, 2.05) is 13.8 Å². The van der Waals surface area contributed by atoms with Gasteiger partial charge < -0.3 is 10.4 Å². The smallest absolute Gasteiger partial charge is 0.307 e. The van der Waals surface area contributed by atoms with Crippen LogP contribution in [0.5, 0.6) is 0 Å². The van der Waals surface area contributed by atoms with Crippen LogP contribution in [-0.2, 0) is 9.59 Å². The molecule has 4 nitrogen and oxygen atoms in total. The maximum atomic E-state index is 11.8. The van der Waals surface area contributed by atoms with Crippen LogP contribution in [0.2, 0.25) is 0 Å². The van der Waals surface area contributed by atoms with Gasteiger partial charge in [0, 0.05) is 6.04 Å². The molecule has 2 N–H and O–H groups in total. The van der Waals surface area contributed by atoms with E-state index < -0.39 is 11.9 Å². The molecule has 2 saturated carbocycles. The molecular weight excluding hydrogens is 194 g/mol. The Morgan fingerprint density at radius 2 is 1.87 bits per heavy atom. The van der Waals surface area contributed by atoms with E-state index in [9.17, 15) is 9.59 Å². The number of carbonyl (C=O) groups is 2. The van der Waals surface area contributed by atoms with Gasteiger partial charge in [0.05, 0.1) is 11.8 Å². The summed E-state index contributed by atoms with van der Waals surface area (Å²) >= 11 is 0. The predicted octanol–water partition coefficient (Wildman–Crippen LogP) is 0.868. The topological polar surface area (TPSA) is 66.4 Å². The molecule has 0 saturated heterocycles. The summed E-state index contributed by atoms with van der Waals surface area (Å²) < 4.78 is 0. The first-order valence-corrected chi connectivity index (χ1v) is 5.39. The summed E-state index contributed by atoms with van der Waals surface area (Å²) in [5.41, 5.74) is -0.381. The van der Waals surface area contributed by atoms with Crippen molar-refractivity contribution in [1.29, 1.82) is 0 Å². The van der Waals surface area contributed by atoms with Crippen LogP contribution in [0, 0.1) is 23.2 Å². The van der Waals surface area contributed by atoms with Gasteiger partial charge in [-0.05, 0) is 17.8 Å². The van der Waals surface area contributed by atoms with Crippen LogP contribution < -0.4 is 5.32 Å². The first kappa shape index (κ1) is 10.5. The molecule has 0 bridgehead atoms. The number of hydrogen-bond donors (Lipinski definition) is 2. The Morgan fingerprint density at radius 3 is 2.20 bits per heavy atom. The maximum absolute atomic E-state index is 11.8. The summed E-state index contributed by atoms with van der Waals surface area (Å²) in [6, 6.07) is 0.281. The van der Waals surface area contributed by atoms with E-state index >= 15 is 0 Å². The number of carboxylic acids is 1. The molecule has 84 valence electrons. The van der Waals surface area contributed by atoms with Crippen molar-refractivity contribution in [1.82, 2.24) is 5.32 Å². The van der Waals surface area contributed by atoms with Crippen molar-refractivity contribution in [2.75, 3.05) is 0 Å². The molecule has 0 radical (unpaired) electrons. The van der Waals surface area contributed by atoms with Crippen LogP contribution in [0.3, 0.4) is 0 Å². The number of carbonyl (C=O) groups excluding carboxylic acids is 1. The second kappa shape index (κ2) is 2.97. The second-order valence-corrected chi connectivity index (χ2v) is 5.44. The van der Waals surface area contributed by atoms with Crippen LogP contribution >= 0.6 is 0 Å². The molecule has 0 aliphatic heterocycles. The zero-order valence-corrected chi connectivity index (χ0v) is 9.28. The molecule has 2 rings (SSSR count). The summed E-state index contributed by atoms with van der Waals surface area (Å²) in [5.74, 6) is -1.24. The average Bonchev–Trinajstić information content (AvgIpc) is 2.89. The van der Waals surface area contributed by atoms with Gasteiger partial charge in [-0.3, -0.25) is 9.59 Å². The van der Waals surface area contributed by atoms with Gasteiger partial charge in [-0.1, -0.05) is 20.8 Å². The Kier molecular flexibility index (Phi) is 2.07. The summed E-state index contributed by atoms with van der Waals surface area (Å²) in [6.07, 6.45) is 1.02. The highest BCUT2D eigenvalue weighted by Gasteiger charge is 2.66. The van der Waals surface area contributed by atoms with Crippen LogP contribution in [0.25, 0.3) is 0 Å². The first-order valence-electron chi connectivity index (χ1n) is 5.39. The Morgan fingerprint density at radius 1 is 1.33 bits per heavy atom. The largest absolute Gasteiger partial charge is 0.481 e. The van der Waals surface area contributed by atoms with Gasteiger partial charge in [-0.25, -0.2) is 0 Å². The molecule has 1 amide bonds. The van der Waals surface area contributed by atoms with E-state index in [0.29, 0.717) is 5.92 Å². The van der Waals surface area contributed by atoms with E-state index in [-0.39, 0.29) is 23.3 Å². The zero-order valence-electron chi connectivity index (χ0n) is 9.28. The fraction of sp³-hybridized carbons (Fsp3) is 0.818. The standard InChI is InChI=1S/C11H17NO3/c1-5-4-6(5)12-9(13)7-8(10(14)15)11(7,2)3/h5-8H,4H2,1-3H3,(H,12,13)(H,14,15)/t5?,6?,7-,8+/m1/s1. The lowest BCUT2D eigenvalue weighted by Crippen LogP contribution is -2.30. The Labute approximate surface area is 89.0 Å². The van der Waals surface area contributed by atoms with Gasteiger partial charge in [-0.15, -0.1) is 0 Å². The summed E-state index contributed by atoms with van der Waals surface area (Å²) in [6.45, 7) is 5.76. The van der Waals surface area contributed by atoms with Crippen molar-refractivity contribution in [3.05, 3.63) is 0 Å². The molecule has 4 atom stereocenters. The number of nitrogens with one attached hydrogen (secondary N) is 1. The summed E-state index contributed by atoms with van der Waals surface area (Å²) in [5, 5.41) is 11.8. The molecule has 0 spiro atoms. The molecular formula is C11H17NO3. The molecule has 0 aromatic heterocycles. The molecule has 2 fully saturated rings. The van der Waals surface area contributed by atoms with Crippen molar-refractivity contribution in [3.63, 3.8) is 0 Å². The van der Waals surface area contributed by atoms with Gasteiger partial charge in [0.2, 0.25) is 5.91 Å². The minimum atomic E-state index is -0.857. The highest BCUT2D eigenvalue weighted by molar-refractivity contribution is 5.91. The van der Waals surface area contributed by atoms with Crippen molar-refractivity contribution >= 4 is 11.9 Å². The minimum Gasteiger partial charge on any atom is -0.481 e. The SMILES string of the molecule is CC1CC1NC(=O)[C@H]1[C@@H](C(=O)O)C1(C)C. The van der Waals surface area contributed by atoms with Crippen LogP contribution in [0.1, 0.15) is 27.2 Å². The second-order valence-electron chi connectivity index (χ2n) is 5.44. The fourth-order valence-electron chi connectivity index (χ4n) is 2.38. The van der Waals surface area contributed by atoms with Gasteiger partial charge in [0.1, 0.15) is 0 Å². The lowest BCUT2D eigenvalue weighted by Gasteiger charge is -2.04. The third kappa shape index (κ3) is 1.62. The normalized spacial score (nSPS) is 40.7. The highest BCUT2D eigenvalue weighted by Crippen LogP contribution is 2.58. The zero-order chi connectivity index (χ0) is 11.4. The van der Waals surface area contributed by atoms with Gasteiger partial charge >= 0.3 is 5.97 Å². The van der Waals surface area contributed by atoms with Gasteiger partial charge in [0.15, 0.2) is 0 Å². The molecule has 2 aliphatic carbocycles. The molecule has 0 aromatic rings. The molecule has 0 heterocycles. The Balaban J connectivity index is 1.95. The van der Waals surface area contributed by atoms with Crippen molar-refractivity contribution in [3.8, 4) is 0 Å². The Hall–Kier alpha value is -1.06. The minimum absolute atomic E-state index is 0.0817. The highest BCUT2D eigenvalue weighted by atomic mass is 16.4. The lowest BCUT2D eigenvalue weighted by atomic mass is 10.1. The van der Waals surface area contributed by atoms with E-state index in [1.54, 1.807) is 0 Å². The van der Waals surface area contributed by atoms with E-state index in [1.165, 1.54) is 0 Å². The van der Waals surface area contributed by atoms with Crippen LogP contribution in [0.15, 0.2) is 0 Å². The molecule has 15 heavy (non-hydrogen) atoms. The Bertz CT molecular complexity index is 324. The third-order valence-electron chi connectivity index (χ3n) is 3.81. The monoisotopic (exact) mass is 211 g/mol. The summed E-state index contributed by atoms with van der Waals surface area (Å²) in [4.78, 5) is 22.6. The van der Waals surface area contributed by atoms with Crippen molar-refractivity contribution < 1.29 is 14.7 Å². The van der Waals surface area contributed by atoms with Gasteiger partial charge in [0.25, 0.3) is 0 Å².